The van der Waals surface area contributed by atoms with Crippen molar-refractivity contribution in [3.05, 3.63) is 28.7 Å². The van der Waals surface area contributed by atoms with Crippen LogP contribution >= 0.6 is 11.6 Å². The molecule has 0 aliphatic heterocycles. The van der Waals surface area contributed by atoms with Gasteiger partial charge in [0.25, 0.3) is 0 Å². The number of furan rings is 1. The van der Waals surface area contributed by atoms with Crippen LogP contribution in [0.25, 0.3) is 6.08 Å². The number of likely N-dealkylation sites (N-methyl/N-ethyl adjacent to an activating group) is 1. The van der Waals surface area contributed by atoms with Crippen LogP contribution in [0.5, 0.6) is 0 Å². The molecule has 72 valence electrons. The minimum atomic E-state index is 0.351. The molecule has 0 saturated heterocycles. The highest BCUT2D eigenvalue weighted by Crippen LogP contribution is 2.16. The van der Waals surface area contributed by atoms with Crippen molar-refractivity contribution in [1.82, 2.24) is 5.32 Å². The lowest BCUT2D eigenvalue weighted by Gasteiger charge is -2.09. The van der Waals surface area contributed by atoms with Crippen LogP contribution < -0.4 is 5.32 Å². The van der Waals surface area contributed by atoms with E-state index in [0.717, 1.165) is 5.76 Å². The summed E-state index contributed by atoms with van der Waals surface area (Å²) in [6.45, 7) is 4.15. The topological polar surface area (TPSA) is 25.2 Å². The summed E-state index contributed by atoms with van der Waals surface area (Å²) in [6.07, 6.45) is 1.98. The van der Waals surface area contributed by atoms with E-state index in [4.69, 9.17) is 16.0 Å². The third-order valence-corrected chi connectivity index (χ3v) is 2.28. The second-order valence-electron chi connectivity index (χ2n) is 3.04. The molecule has 0 fully saturated rings. The number of halogens is 1. The molecule has 1 aromatic rings. The summed E-state index contributed by atoms with van der Waals surface area (Å²) in [4.78, 5) is 0. The van der Waals surface area contributed by atoms with E-state index in [2.05, 4.69) is 19.2 Å². The molecular weight excluding hydrogens is 186 g/mol. The summed E-state index contributed by atoms with van der Waals surface area (Å²) >= 11 is 5.65. The summed E-state index contributed by atoms with van der Waals surface area (Å²) in [5, 5.41) is 3.58. The molecule has 1 unspecified atom stereocenters. The number of nitrogens with one attached hydrogen (secondary N) is 1. The Kier molecular flexibility index (Phi) is 3.58. The van der Waals surface area contributed by atoms with Crippen LogP contribution in [0, 0.1) is 0 Å². The van der Waals surface area contributed by atoms with Gasteiger partial charge in [-0.3, -0.25) is 0 Å². The van der Waals surface area contributed by atoms with Gasteiger partial charge >= 0.3 is 0 Å². The maximum absolute atomic E-state index is 5.65. The lowest BCUT2D eigenvalue weighted by Crippen LogP contribution is -2.21. The van der Waals surface area contributed by atoms with E-state index >= 15 is 0 Å². The van der Waals surface area contributed by atoms with Gasteiger partial charge in [-0.25, -0.2) is 0 Å². The smallest absolute Gasteiger partial charge is 0.193 e. The van der Waals surface area contributed by atoms with Gasteiger partial charge in [-0.15, -0.1) is 0 Å². The average molecular weight is 200 g/mol. The van der Waals surface area contributed by atoms with Crippen LogP contribution in [0.2, 0.25) is 5.22 Å². The molecule has 13 heavy (non-hydrogen) atoms. The molecular formula is C10H14ClNO. The van der Waals surface area contributed by atoms with Gasteiger partial charge in [-0.05, 0) is 50.7 Å². The minimum Gasteiger partial charge on any atom is -0.445 e. The van der Waals surface area contributed by atoms with Crippen molar-refractivity contribution in [2.24, 2.45) is 0 Å². The van der Waals surface area contributed by atoms with Crippen molar-refractivity contribution in [1.29, 1.82) is 0 Å². The molecule has 0 radical (unpaired) electrons. The highest BCUT2D eigenvalue weighted by Gasteiger charge is 2.02. The predicted molar refractivity (Wildman–Crippen MR) is 55.9 cm³/mol. The second-order valence-corrected chi connectivity index (χ2v) is 3.41. The average Bonchev–Trinajstić information content (AvgIpc) is 2.49. The zero-order chi connectivity index (χ0) is 9.84. The van der Waals surface area contributed by atoms with Gasteiger partial charge in [0.1, 0.15) is 5.76 Å². The molecule has 0 spiro atoms. The van der Waals surface area contributed by atoms with Crippen LogP contribution in [-0.4, -0.2) is 13.1 Å². The molecule has 0 saturated carbocycles. The monoisotopic (exact) mass is 199 g/mol. The summed E-state index contributed by atoms with van der Waals surface area (Å²) in [7, 11) is 1.93. The van der Waals surface area contributed by atoms with Crippen molar-refractivity contribution in [2.45, 2.75) is 19.9 Å². The van der Waals surface area contributed by atoms with Gasteiger partial charge in [-0.2, -0.15) is 0 Å². The number of hydrogen-bond acceptors (Lipinski definition) is 2. The Morgan fingerprint density at radius 1 is 1.62 bits per heavy atom. The largest absolute Gasteiger partial charge is 0.445 e. The van der Waals surface area contributed by atoms with E-state index in [9.17, 15) is 0 Å². The fraction of sp³-hybridized carbons (Fsp3) is 0.400. The van der Waals surface area contributed by atoms with E-state index in [1.54, 1.807) is 6.07 Å². The molecule has 0 aromatic carbocycles. The maximum atomic E-state index is 5.65. The van der Waals surface area contributed by atoms with Gasteiger partial charge in [0.15, 0.2) is 5.22 Å². The third kappa shape index (κ3) is 2.90. The van der Waals surface area contributed by atoms with Crippen molar-refractivity contribution >= 4 is 17.7 Å². The molecule has 1 atom stereocenters. The third-order valence-electron chi connectivity index (χ3n) is 2.08. The standard InChI is InChI=1S/C10H14ClNO/c1-7(8(2)12-3)6-9-4-5-10(11)13-9/h4-6,8,12H,1-3H3/b7-6+. The molecule has 0 aliphatic rings. The maximum Gasteiger partial charge on any atom is 0.193 e. The molecule has 3 heteroatoms. The Hall–Kier alpha value is -0.730. The van der Waals surface area contributed by atoms with Crippen LogP contribution in [0.1, 0.15) is 19.6 Å². The van der Waals surface area contributed by atoms with E-state index in [1.165, 1.54) is 5.57 Å². The summed E-state index contributed by atoms with van der Waals surface area (Å²) < 4.78 is 5.21. The van der Waals surface area contributed by atoms with Crippen molar-refractivity contribution in [3.8, 4) is 0 Å². The zero-order valence-electron chi connectivity index (χ0n) is 8.10. The molecule has 1 aromatic heterocycles. The lowest BCUT2D eigenvalue weighted by molar-refractivity contribution is 0.557. The molecule has 2 nitrogen and oxygen atoms in total. The van der Waals surface area contributed by atoms with Gasteiger partial charge in [0.05, 0.1) is 0 Å². The first-order chi connectivity index (χ1) is 6.13. The highest BCUT2D eigenvalue weighted by atomic mass is 35.5. The molecule has 0 bridgehead atoms. The first-order valence-electron chi connectivity index (χ1n) is 4.24. The zero-order valence-corrected chi connectivity index (χ0v) is 8.85. The molecule has 1 heterocycles. The quantitative estimate of drug-likeness (QED) is 0.810. The normalized spacial score (nSPS) is 14.6. The Bertz CT molecular complexity index is 304. The van der Waals surface area contributed by atoms with Crippen LogP contribution in [0.3, 0.4) is 0 Å². The summed E-state index contributed by atoms with van der Waals surface area (Å²) in [5.41, 5.74) is 1.22. The fourth-order valence-electron chi connectivity index (χ4n) is 0.983. The first kappa shape index (κ1) is 10.4. The first-order valence-corrected chi connectivity index (χ1v) is 4.62. The van der Waals surface area contributed by atoms with Gasteiger partial charge < -0.3 is 9.73 Å². The number of rotatable bonds is 3. The van der Waals surface area contributed by atoms with Gasteiger partial charge in [0.2, 0.25) is 0 Å². The minimum absolute atomic E-state index is 0.351. The van der Waals surface area contributed by atoms with E-state index in [0.29, 0.717) is 11.3 Å². The molecule has 1 N–H and O–H groups in total. The van der Waals surface area contributed by atoms with Crippen molar-refractivity contribution < 1.29 is 4.42 Å². The van der Waals surface area contributed by atoms with Gasteiger partial charge in [-0.1, -0.05) is 5.57 Å². The number of hydrogen-bond donors (Lipinski definition) is 1. The fourth-order valence-corrected chi connectivity index (χ4v) is 1.13. The van der Waals surface area contributed by atoms with Crippen LogP contribution in [0.15, 0.2) is 22.1 Å². The SMILES string of the molecule is CNC(C)/C(C)=C/c1ccc(Cl)o1. The van der Waals surface area contributed by atoms with Gasteiger partial charge in [0, 0.05) is 6.04 Å². The van der Waals surface area contributed by atoms with E-state index in [1.807, 2.05) is 19.2 Å². The second kappa shape index (κ2) is 4.49. The molecule has 0 aliphatic carbocycles. The lowest BCUT2D eigenvalue weighted by atomic mass is 10.1. The Morgan fingerprint density at radius 2 is 2.31 bits per heavy atom. The summed E-state index contributed by atoms with van der Waals surface area (Å²) in [5.74, 6) is 0.796. The van der Waals surface area contributed by atoms with Crippen LogP contribution in [0.4, 0.5) is 0 Å². The van der Waals surface area contributed by atoms with E-state index in [-0.39, 0.29) is 0 Å². The Morgan fingerprint density at radius 3 is 2.77 bits per heavy atom. The predicted octanol–water partition coefficient (Wildman–Crippen LogP) is 2.94. The van der Waals surface area contributed by atoms with E-state index < -0.39 is 0 Å². The Balaban J connectivity index is 2.76. The Labute approximate surface area is 83.6 Å². The molecule has 1 rings (SSSR count). The van der Waals surface area contributed by atoms with Crippen molar-refractivity contribution in [3.63, 3.8) is 0 Å². The van der Waals surface area contributed by atoms with Crippen LogP contribution in [-0.2, 0) is 0 Å². The highest BCUT2D eigenvalue weighted by molar-refractivity contribution is 6.28. The van der Waals surface area contributed by atoms with Crippen molar-refractivity contribution in [2.75, 3.05) is 7.05 Å². The molecule has 0 amide bonds. The summed E-state index contributed by atoms with van der Waals surface area (Å²) in [6, 6.07) is 3.95.